The summed E-state index contributed by atoms with van der Waals surface area (Å²) in [4.78, 5) is 31.8. The van der Waals surface area contributed by atoms with Gasteiger partial charge in [0.25, 0.3) is 10.0 Å². The van der Waals surface area contributed by atoms with E-state index in [9.17, 15) is 18.0 Å². The maximum Gasteiger partial charge on any atom is 0.314 e. The number of carbonyl (C=O) groups is 2. The van der Waals surface area contributed by atoms with E-state index in [1.165, 1.54) is 6.07 Å². The highest BCUT2D eigenvalue weighted by atomic mass is 35.5. The molecule has 0 N–H and O–H groups in total. The molecule has 2 heterocycles. The first-order valence-corrected chi connectivity index (χ1v) is 13.4. The molecule has 0 spiro atoms. The van der Waals surface area contributed by atoms with Crippen LogP contribution in [0.25, 0.3) is 10.1 Å². The van der Waals surface area contributed by atoms with Crippen LogP contribution in [0.2, 0.25) is 5.02 Å². The lowest BCUT2D eigenvalue weighted by atomic mass is 10.1. The van der Waals surface area contributed by atoms with E-state index in [-0.39, 0.29) is 29.7 Å². The van der Waals surface area contributed by atoms with Crippen LogP contribution >= 0.6 is 22.9 Å². The summed E-state index contributed by atoms with van der Waals surface area (Å²) in [5.41, 5.74) is -0.211. The molecule has 1 fully saturated rings. The molecule has 1 aliphatic rings. The highest BCUT2D eigenvalue weighted by Crippen LogP contribution is 2.37. The summed E-state index contributed by atoms with van der Waals surface area (Å²) in [6.07, 6.45) is -0.155. The molecule has 0 aliphatic carbocycles. The maximum atomic E-state index is 15.0. The highest BCUT2D eigenvalue weighted by Gasteiger charge is 2.46. The minimum Gasteiger partial charge on any atom is -0.355 e. The summed E-state index contributed by atoms with van der Waals surface area (Å²) < 4.78 is 57.4. The summed E-state index contributed by atoms with van der Waals surface area (Å²) >= 11 is 6.86. The van der Waals surface area contributed by atoms with Crippen molar-refractivity contribution in [2.75, 3.05) is 25.5 Å². The lowest BCUT2D eigenvalue weighted by Crippen LogP contribution is -2.45. The minimum absolute atomic E-state index is 0.115. The molecule has 3 aromatic rings. The van der Waals surface area contributed by atoms with Gasteiger partial charge >= 0.3 is 6.47 Å². The van der Waals surface area contributed by atoms with Crippen molar-refractivity contribution >= 4 is 61.1 Å². The van der Waals surface area contributed by atoms with E-state index >= 15 is 8.78 Å². The van der Waals surface area contributed by atoms with Gasteiger partial charge in [0.05, 0.1) is 0 Å². The van der Waals surface area contributed by atoms with Crippen LogP contribution in [0.3, 0.4) is 0 Å². The van der Waals surface area contributed by atoms with Gasteiger partial charge in [0.2, 0.25) is 5.91 Å². The Morgan fingerprint density at radius 2 is 1.86 bits per heavy atom. The van der Waals surface area contributed by atoms with Gasteiger partial charge in [0, 0.05) is 22.3 Å². The summed E-state index contributed by atoms with van der Waals surface area (Å²) in [6.45, 7) is 1.47. The van der Waals surface area contributed by atoms with Crippen molar-refractivity contribution in [3.63, 3.8) is 0 Å². The van der Waals surface area contributed by atoms with E-state index in [0.29, 0.717) is 25.1 Å². The molecule has 36 heavy (non-hydrogen) atoms. The summed E-state index contributed by atoms with van der Waals surface area (Å²) in [5.74, 6) is -2.84. The number of anilines is 1. The Morgan fingerprint density at radius 3 is 2.47 bits per heavy atom. The number of rotatable bonds is 8. The Morgan fingerprint density at radius 1 is 1.19 bits per heavy atom. The zero-order valence-electron chi connectivity index (χ0n) is 19.4. The normalized spacial score (nSPS) is 17.4. The fraction of sp³-hybridized carbons (Fsp3) is 0.304. The first kappa shape index (κ1) is 26.4. The lowest BCUT2D eigenvalue weighted by Gasteiger charge is -2.25. The molecule has 1 amide bonds. The molecular formula is C23H22ClF2N3O5S2. The average molecular weight is 558 g/mol. The number of hydrogen-bond donors (Lipinski definition) is 0. The summed E-state index contributed by atoms with van der Waals surface area (Å²) in [6, 6.07) is 6.67. The molecule has 1 aliphatic heterocycles. The quantitative estimate of drug-likeness (QED) is 0.302. The molecule has 0 radical (unpaired) electrons. The number of nitrogens with zero attached hydrogens (tertiary/aromatic N) is 3. The molecule has 2 unspecified atom stereocenters. The van der Waals surface area contributed by atoms with Crippen molar-refractivity contribution in [3.8, 4) is 0 Å². The van der Waals surface area contributed by atoms with Gasteiger partial charge in [-0.3, -0.25) is 9.59 Å². The van der Waals surface area contributed by atoms with Crippen molar-refractivity contribution in [1.82, 2.24) is 9.37 Å². The fourth-order valence-electron chi connectivity index (χ4n) is 4.00. The van der Waals surface area contributed by atoms with Crippen LogP contribution in [0.15, 0.2) is 40.6 Å². The second kappa shape index (κ2) is 10.0. The van der Waals surface area contributed by atoms with E-state index in [0.717, 1.165) is 28.4 Å². The summed E-state index contributed by atoms with van der Waals surface area (Å²) in [7, 11) is -0.973. The van der Waals surface area contributed by atoms with E-state index in [1.54, 1.807) is 44.1 Å². The Labute approximate surface area is 215 Å². The molecule has 4 rings (SSSR count). The predicted molar refractivity (Wildman–Crippen MR) is 132 cm³/mol. The van der Waals surface area contributed by atoms with Gasteiger partial charge in [0.1, 0.15) is 27.6 Å². The van der Waals surface area contributed by atoms with Gasteiger partial charge in [-0.25, -0.2) is 17.2 Å². The Balaban J connectivity index is 1.67. The van der Waals surface area contributed by atoms with E-state index in [2.05, 4.69) is 0 Å². The lowest BCUT2D eigenvalue weighted by molar-refractivity contribution is -0.160. The van der Waals surface area contributed by atoms with Gasteiger partial charge in [0.15, 0.2) is 0 Å². The van der Waals surface area contributed by atoms with Gasteiger partial charge in [-0.05, 0) is 73.2 Å². The third kappa shape index (κ3) is 4.71. The Kier molecular flexibility index (Phi) is 7.35. The molecular weight excluding hydrogens is 536 g/mol. The topological polar surface area (TPSA) is 87.2 Å². The zero-order valence-corrected chi connectivity index (χ0v) is 21.8. The molecule has 2 atom stereocenters. The second-order valence-corrected chi connectivity index (χ2v) is 12.0. The number of hydrogen-bond acceptors (Lipinski definition) is 7. The van der Waals surface area contributed by atoms with Crippen LogP contribution in [0, 0.1) is 11.6 Å². The van der Waals surface area contributed by atoms with Gasteiger partial charge < -0.3 is 14.6 Å². The number of benzene rings is 2. The number of carbonyl (C=O) groups excluding carboxylic acids is 2. The monoisotopic (exact) mass is 557 g/mol. The minimum atomic E-state index is -4.49. The molecule has 2 aromatic carbocycles. The van der Waals surface area contributed by atoms with E-state index in [4.69, 9.17) is 16.4 Å². The molecule has 1 saturated heterocycles. The number of hydroxylamine groups is 1. The van der Waals surface area contributed by atoms with Crippen molar-refractivity contribution < 1.29 is 31.6 Å². The molecule has 192 valence electrons. The Bertz CT molecular complexity index is 1420. The SMILES string of the molecule is CC(c1cc(F)c(N2CCC(N(OC=O)S(=O)(=O)c3cc4ccc(Cl)cc4s3)C2=O)c(F)c1)N(C)C. The van der Waals surface area contributed by atoms with Crippen molar-refractivity contribution in [2.24, 2.45) is 0 Å². The van der Waals surface area contributed by atoms with Gasteiger partial charge in [-0.2, -0.15) is 0 Å². The zero-order chi connectivity index (χ0) is 26.4. The second-order valence-electron chi connectivity index (χ2n) is 8.48. The number of halogens is 3. The van der Waals surface area contributed by atoms with Crippen LogP contribution in [0.1, 0.15) is 24.9 Å². The predicted octanol–water partition coefficient (Wildman–Crippen LogP) is 4.34. The van der Waals surface area contributed by atoms with Crippen LogP contribution in [-0.2, 0) is 24.4 Å². The smallest absolute Gasteiger partial charge is 0.314 e. The van der Waals surface area contributed by atoms with Gasteiger partial charge in [-0.1, -0.05) is 17.7 Å². The number of sulfonamides is 1. The molecule has 0 saturated carbocycles. The first-order chi connectivity index (χ1) is 16.9. The third-order valence-corrected chi connectivity index (χ3v) is 9.55. The standard InChI is InChI=1S/C23H22ClF2N3O5S2/c1-13(27(2)3)15-8-17(25)22(18(26)9-15)28-7-6-19(23(28)31)29(34-12-30)36(32,33)21-10-14-4-5-16(24)11-20(14)35-21/h4-5,8-13,19H,6-7H2,1-3H3. The van der Waals surface area contributed by atoms with Gasteiger partial charge in [-0.15, -0.1) is 11.3 Å². The van der Waals surface area contributed by atoms with E-state index < -0.39 is 39.3 Å². The van der Waals surface area contributed by atoms with Crippen molar-refractivity contribution in [2.45, 2.75) is 29.6 Å². The number of thiophene rings is 1. The highest BCUT2D eigenvalue weighted by molar-refractivity contribution is 7.91. The van der Waals surface area contributed by atoms with E-state index in [1.807, 2.05) is 0 Å². The largest absolute Gasteiger partial charge is 0.355 e. The molecule has 0 bridgehead atoms. The number of amides is 1. The van der Waals surface area contributed by atoms with Crippen LogP contribution < -0.4 is 4.90 Å². The first-order valence-electron chi connectivity index (χ1n) is 10.8. The number of fused-ring (bicyclic) bond motifs is 1. The van der Waals surface area contributed by atoms with Crippen LogP contribution in [-0.4, -0.2) is 56.8 Å². The molecule has 13 heteroatoms. The maximum absolute atomic E-state index is 15.0. The van der Waals surface area contributed by atoms with Crippen LogP contribution in [0.4, 0.5) is 14.5 Å². The fourth-order valence-corrected chi connectivity index (χ4v) is 7.11. The molecule has 8 nitrogen and oxygen atoms in total. The van der Waals surface area contributed by atoms with Crippen molar-refractivity contribution in [3.05, 3.63) is 58.6 Å². The van der Waals surface area contributed by atoms with Crippen molar-refractivity contribution in [1.29, 1.82) is 0 Å². The molecule has 1 aromatic heterocycles. The third-order valence-electron chi connectivity index (χ3n) is 6.10. The Hall–Kier alpha value is -2.64. The van der Waals surface area contributed by atoms with Crippen LogP contribution in [0.5, 0.6) is 0 Å². The average Bonchev–Trinajstić information content (AvgIpc) is 3.40. The summed E-state index contributed by atoms with van der Waals surface area (Å²) in [5, 5.41) is 0.996.